The molecule has 2 aromatic rings. The summed E-state index contributed by atoms with van der Waals surface area (Å²) in [5, 5.41) is 2.64. The lowest BCUT2D eigenvalue weighted by Crippen LogP contribution is -2.14. The van der Waals surface area contributed by atoms with Crippen LogP contribution in [0.5, 0.6) is 0 Å². The van der Waals surface area contributed by atoms with E-state index in [-0.39, 0.29) is 5.56 Å². The molecule has 0 bridgehead atoms. The van der Waals surface area contributed by atoms with Gasteiger partial charge in [-0.3, -0.25) is 9.78 Å². The Balaban J connectivity index is 2.13. The summed E-state index contributed by atoms with van der Waals surface area (Å²) in [5.74, 6) is -1.12. The van der Waals surface area contributed by atoms with Crippen LogP contribution in [-0.4, -0.2) is 25.0 Å². The molecule has 0 atom stereocenters. The van der Waals surface area contributed by atoms with Gasteiger partial charge in [0, 0.05) is 31.7 Å². The number of pyridine rings is 1. The van der Waals surface area contributed by atoms with Crippen molar-refractivity contribution in [3.63, 3.8) is 0 Å². The molecule has 4 nitrogen and oxygen atoms in total. The lowest BCUT2D eigenvalue weighted by Gasteiger charge is -2.13. The maximum absolute atomic E-state index is 13.4. The van der Waals surface area contributed by atoms with Crippen LogP contribution < -0.4 is 10.2 Å². The van der Waals surface area contributed by atoms with Crippen molar-refractivity contribution in [2.45, 2.75) is 0 Å². The van der Waals surface area contributed by atoms with Crippen LogP contribution in [-0.2, 0) is 0 Å². The van der Waals surface area contributed by atoms with Crippen LogP contribution >= 0.6 is 0 Å². The molecule has 0 fully saturated rings. The predicted octanol–water partition coefficient (Wildman–Crippen LogP) is 2.54. The molecule has 0 radical (unpaired) electrons. The number of hydrogen-bond acceptors (Lipinski definition) is 3. The molecule has 2 rings (SSSR count). The molecule has 0 saturated heterocycles. The number of halogens is 1. The van der Waals surface area contributed by atoms with Crippen LogP contribution in [0, 0.1) is 5.82 Å². The van der Waals surface area contributed by atoms with Crippen molar-refractivity contribution in [2.24, 2.45) is 0 Å². The van der Waals surface area contributed by atoms with Crippen LogP contribution in [0.3, 0.4) is 0 Å². The van der Waals surface area contributed by atoms with Crippen LogP contribution in [0.25, 0.3) is 0 Å². The Morgan fingerprint density at radius 2 is 1.89 bits per heavy atom. The third kappa shape index (κ3) is 3.07. The molecule has 0 spiro atoms. The summed E-state index contributed by atoms with van der Waals surface area (Å²) < 4.78 is 13.4. The Morgan fingerprint density at radius 3 is 2.47 bits per heavy atom. The maximum atomic E-state index is 13.4. The quantitative estimate of drug-likeness (QED) is 0.921. The first-order chi connectivity index (χ1) is 9.08. The van der Waals surface area contributed by atoms with Gasteiger partial charge < -0.3 is 10.2 Å². The fraction of sp³-hybridized carbons (Fsp3) is 0.143. The SMILES string of the molecule is CN(C)c1ccc(NC(=O)c2ccncc2F)cc1. The Bertz CT molecular complexity index is 581. The van der Waals surface area contributed by atoms with Gasteiger partial charge in [-0.2, -0.15) is 0 Å². The van der Waals surface area contributed by atoms with E-state index in [2.05, 4.69) is 10.3 Å². The predicted molar refractivity (Wildman–Crippen MR) is 72.9 cm³/mol. The van der Waals surface area contributed by atoms with E-state index in [4.69, 9.17) is 0 Å². The molecule has 1 heterocycles. The molecule has 0 unspecified atom stereocenters. The highest BCUT2D eigenvalue weighted by atomic mass is 19.1. The van der Waals surface area contributed by atoms with Crippen molar-refractivity contribution in [3.05, 3.63) is 54.1 Å². The summed E-state index contributed by atoms with van der Waals surface area (Å²) >= 11 is 0. The second-order valence-electron chi connectivity index (χ2n) is 4.25. The van der Waals surface area contributed by atoms with E-state index in [1.807, 2.05) is 31.1 Å². The maximum Gasteiger partial charge on any atom is 0.258 e. The Labute approximate surface area is 110 Å². The van der Waals surface area contributed by atoms with Crippen LogP contribution in [0.15, 0.2) is 42.7 Å². The van der Waals surface area contributed by atoms with Crippen molar-refractivity contribution >= 4 is 17.3 Å². The normalized spacial score (nSPS) is 10.1. The zero-order valence-corrected chi connectivity index (χ0v) is 10.7. The summed E-state index contributed by atoms with van der Waals surface area (Å²) in [5.41, 5.74) is 1.62. The van der Waals surface area contributed by atoms with E-state index in [0.29, 0.717) is 5.69 Å². The first-order valence-corrected chi connectivity index (χ1v) is 5.76. The van der Waals surface area contributed by atoms with Gasteiger partial charge in [0.15, 0.2) is 5.82 Å². The number of carbonyl (C=O) groups is 1. The molecule has 1 N–H and O–H groups in total. The summed E-state index contributed by atoms with van der Waals surface area (Å²) in [6.45, 7) is 0. The Hall–Kier alpha value is -2.43. The molecule has 0 aliphatic carbocycles. The standard InChI is InChI=1S/C14H14FN3O/c1-18(2)11-5-3-10(4-6-11)17-14(19)12-7-8-16-9-13(12)15/h3-9H,1-2H3,(H,17,19). The number of hydrogen-bond donors (Lipinski definition) is 1. The fourth-order valence-electron chi connectivity index (χ4n) is 1.60. The zero-order valence-electron chi connectivity index (χ0n) is 10.7. The van der Waals surface area contributed by atoms with Crippen molar-refractivity contribution in [3.8, 4) is 0 Å². The molecular formula is C14H14FN3O. The molecule has 98 valence electrons. The number of benzene rings is 1. The third-order valence-corrected chi connectivity index (χ3v) is 2.66. The van der Waals surface area contributed by atoms with Gasteiger partial charge in [0.2, 0.25) is 0 Å². The van der Waals surface area contributed by atoms with Gasteiger partial charge in [-0.15, -0.1) is 0 Å². The molecule has 0 aliphatic rings. The first kappa shape index (κ1) is 13.0. The van der Waals surface area contributed by atoms with Crippen molar-refractivity contribution in [2.75, 3.05) is 24.3 Å². The topological polar surface area (TPSA) is 45.2 Å². The number of nitrogens with zero attached hydrogens (tertiary/aromatic N) is 2. The Kier molecular flexibility index (Phi) is 3.75. The minimum atomic E-state index is -0.634. The van der Waals surface area contributed by atoms with Crippen LogP contribution in [0.4, 0.5) is 15.8 Å². The molecule has 1 amide bonds. The summed E-state index contributed by atoms with van der Waals surface area (Å²) in [7, 11) is 3.86. The number of nitrogens with one attached hydrogen (secondary N) is 1. The van der Waals surface area contributed by atoms with E-state index in [1.165, 1.54) is 12.3 Å². The average molecular weight is 259 g/mol. The lowest BCUT2D eigenvalue weighted by molar-refractivity contribution is 0.102. The van der Waals surface area contributed by atoms with E-state index >= 15 is 0 Å². The molecule has 5 heteroatoms. The highest BCUT2D eigenvalue weighted by Gasteiger charge is 2.11. The van der Waals surface area contributed by atoms with Crippen LogP contribution in [0.1, 0.15) is 10.4 Å². The van der Waals surface area contributed by atoms with E-state index in [1.54, 1.807) is 12.1 Å². The third-order valence-electron chi connectivity index (χ3n) is 2.66. The van der Waals surface area contributed by atoms with E-state index in [0.717, 1.165) is 11.9 Å². The Morgan fingerprint density at radius 1 is 1.21 bits per heavy atom. The van der Waals surface area contributed by atoms with Gasteiger partial charge in [-0.1, -0.05) is 0 Å². The second kappa shape index (κ2) is 5.48. The highest BCUT2D eigenvalue weighted by Crippen LogP contribution is 2.16. The van der Waals surface area contributed by atoms with Crippen molar-refractivity contribution in [1.29, 1.82) is 0 Å². The van der Waals surface area contributed by atoms with Gasteiger partial charge in [-0.05, 0) is 30.3 Å². The number of rotatable bonds is 3. The number of anilines is 2. The molecule has 0 aliphatic heterocycles. The van der Waals surface area contributed by atoms with Gasteiger partial charge in [0.25, 0.3) is 5.91 Å². The largest absolute Gasteiger partial charge is 0.378 e. The zero-order chi connectivity index (χ0) is 13.8. The summed E-state index contributed by atoms with van der Waals surface area (Å²) in [6.07, 6.45) is 2.40. The van der Waals surface area contributed by atoms with Crippen molar-refractivity contribution < 1.29 is 9.18 Å². The highest BCUT2D eigenvalue weighted by molar-refractivity contribution is 6.04. The molecule has 19 heavy (non-hydrogen) atoms. The minimum absolute atomic E-state index is 0.0216. The smallest absolute Gasteiger partial charge is 0.258 e. The van der Waals surface area contributed by atoms with E-state index < -0.39 is 11.7 Å². The van der Waals surface area contributed by atoms with Crippen LogP contribution in [0.2, 0.25) is 0 Å². The first-order valence-electron chi connectivity index (χ1n) is 5.76. The minimum Gasteiger partial charge on any atom is -0.378 e. The molecule has 0 saturated carbocycles. The van der Waals surface area contributed by atoms with Crippen molar-refractivity contribution in [1.82, 2.24) is 4.98 Å². The van der Waals surface area contributed by atoms with Gasteiger partial charge in [-0.25, -0.2) is 4.39 Å². The monoisotopic (exact) mass is 259 g/mol. The van der Waals surface area contributed by atoms with Gasteiger partial charge in [0.05, 0.1) is 11.8 Å². The number of amides is 1. The number of carbonyl (C=O) groups excluding carboxylic acids is 1. The van der Waals surface area contributed by atoms with Gasteiger partial charge >= 0.3 is 0 Å². The summed E-state index contributed by atoms with van der Waals surface area (Å²) in [6, 6.07) is 8.63. The fourth-order valence-corrected chi connectivity index (χ4v) is 1.60. The molecular weight excluding hydrogens is 245 g/mol. The molecule has 1 aromatic heterocycles. The second-order valence-corrected chi connectivity index (χ2v) is 4.25. The van der Waals surface area contributed by atoms with E-state index in [9.17, 15) is 9.18 Å². The molecule has 1 aromatic carbocycles. The van der Waals surface area contributed by atoms with Gasteiger partial charge in [0.1, 0.15) is 0 Å². The summed E-state index contributed by atoms with van der Waals surface area (Å²) in [4.78, 5) is 17.4. The lowest BCUT2D eigenvalue weighted by atomic mass is 10.2. The number of aromatic nitrogens is 1. The average Bonchev–Trinajstić information content (AvgIpc) is 2.39.